The van der Waals surface area contributed by atoms with Gasteiger partial charge in [0.25, 0.3) is 5.91 Å². The van der Waals surface area contributed by atoms with Gasteiger partial charge in [0.2, 0.25) is 0 Å². The second-order valence-corrected chi connectivity index (χ2v) is 5.33. The molecule has 1 aliphatic rings. The number of carbonyl (C=O) groups is 2. The lowest BCUT2D eigenvalue weighted by atomic mass is 10.00. The number of nitrogens with one attached hydrogen (secondary N) is 1. The van der Waals surface area contributed by atoms with Crippen LogP contribution < -0.4 is 14.8 Å². The summed E-state index contributed by atoms with van der Waals surface area (Å²) in [5.41, 5.74) is -0.317. The molecule has 0 bridgehead atoms. The maximum Gasteiger partial charge on any atom is 0.346 e. The molecule has 24 heavy (non-hydrogen) atoms. The number of nitrogens with zero attached hydrogens (tertiary/aromatic N) is 3. The van der Waals surface area contributed by atoms with Gasteiger partial charge in [-0.2, -0.15) is 10.4 Å². The third kappa shape index (κ3) is 3.30. The molecule has 0 aromatic heterocycles. The van der Waals surface area contributed by atoms with Crippen LogP contribution in [0.2, 0.25) is 0 Å². The summed E-state index contributed by atoms with van der Waals surface area (Å²) in [6, 6.07) is 6.25. The van der Waals surface area contributed by atoms with Gasteiger partial charge in [0.05, 0.1) is 13.3 Å². The van der Waals surface area contributed by atoms with Crippen molar-refractivity contribution in [2.24, 2.45) is 5.10 Å². The molecule has 3 amide bonds. The Morgan fingerprint density at radius 2 is 2.17 bits per heavy atom. The van der Waals surface area contributed by atoms with Crippen molar-refractivity contribution in [3.8, 4) is 17.6 Å². The number of rotatable bonds is 6. The molecule has 1 aromatic rings. The van der Waals surface area contributed by atoms with E-state index in [0.29, 0.717) is 23.5 Å². The van der Waals surface area contributed by atoms with Crippen molar-refractivity contribution in [2.75, 3.05) is 13.7 Å². The molecular formula is C16H18N4O4. The van der Waals surface area contributed by atoms with Crippen LogP contribution in [0, 0.1) is 11.3 Å². The Labute approximate surface area is 139 Å². The molecule has 1 aliphatic heterocycles. The number of urea groups is 1. The highest BCUT2D eigenvalue weighted by molar-refractivity contribution is 6.07. The van der Waals surface area contributed by atoms with E-state index < -0.39 is 17.5 Å². The minimum Gasteiger partial charge on any atom is -0.493 e. The maximum absolute atomic E-state index is 12.2. The zero-order valence-corrected chi connectivity index (χ0v) is 13.7. The summed E-state index contributed by atoms with van der Waals surface area (Å²) in [5, 5.41) is 16.0. The Bertz CT molecular complexity index is 725. The van der Waals surface area contributed by atoms with E-state index in [9.17, 15) is 9.59 Å². The van der Waals surface area contributed by atoms with Crippen LogP contribution in [0.3, 0.4) is 0 Å². The highest BCUT2D eigenvalue weighted by Gasteiger charge is 2.46. The molecule has 1 fully saturated rings. The number of nitriles is 1. The van der Waals surface area contributed by atoms with E-state index in [1.54, 1.807) is 25.1 Å². The molecule has 0 unspecified atom stereocenters. The SMILES string of the molecule is CC[C@]1(C)NC(=O)N(/N=C\c2ccc(OCC#N)c(OC)c2)C1=O. The zero-order chi connectivity index (χ0) is 17.7. The second-order valence-electron chi connectivity index (χ2n) is 5.33. The van der Waals surface area contributed by atoms with Crippen LogP contribution in [0.15, 0.2) is 23.3 Å². The highest BCUT2D eigenvalue weighted by Crippen LogP contribution is 2.27. The van der Waals surface area contributed by atoms with Crippen molar-refractivity contribution in [2.45, 2.75) is 25.8 Å². The van der Waals surface area contributed by atoms with E-state index >= 15 is 0 Å². The lowest BCUT2D eigenvalue weighted by molar-refractivity contribution is -0.130. The standard InChI is InChI=1S/C16H18N4O4/c1-4-16(2)14(21)20(15(22)19-16)18-10-11-5-6-12(24-8-7-17)13(9-11)23-3/h5-6,9-10H,4,8H2,1-3H3,(H,19,22)/b18-10-/t16-/m0/s1. The fourth-order valence-corrected chi connectivity index (χ4v) is 2.13. The predicted octanol–water partition coefficient (Wildman–Crippen LogP) is 1.65. The number of ether oxygens (including phenoxy) is 2. The average molecular weight is 330 g/mol. The molecule has 1 N–H and O–H groups in total. The second kappa shape index (κ2) is 7.00. The van der Waals surface area contributed by atoms with Gasteiger partial charge >= 0.3 is 6.03 Å². The normalized spacial score (nSPS) is 20.2. The van der Waals surface area contributed by atoms with Gasteiger partial charge in [0, 0.05) is 0 Å². The fourth-order valence-electron chi connectivity index (χ4n) is 2.13. The summed E-state index contributed by atoms with van der Waals surface area (Å²) in [6.45, 7) is 3.38. The molecule has 1 heterocycles. The van der Waals surface area contributed by atoms with Gasteiger partial charge in [-0.1, -0.05) is 6.92 Å². The summed E-state index contributed by atoms with van der Waals surface area (Å²) < 4.78 is 10.4. The summed E-state index contributed by atoms with van der Waals surface area (Å²) in [7, 11) is 1.47. The molecule has 1 aromatic carbocycles. The van der Waals surface area contributed by atoms with Gasteiger partial charge in [-0.15, -0.1) is 5.01 Å². The molecule has 0 aliphatic carbocycles. The lowest BCUT2D eigenvalue weighted by Gasteiger charge is -2.17. The Balaban J connectivity index is 2.19. The van der Waals surface area contributed by atoms with Crippen LogP contribution in [0.4, 0.5) is 4.79 Å². The molecule has 0 saturated carbocycles. The number of hydrogen-bond donors (Lipinski definition) is 1. The number of benzene rings is 1. The molecule has 1 saturated heterocycles. The van der Waals surface area contributed by atoms with Crippen molar-refractivity contribution < 1.29 is 19.1 Å². The van der Waals surface area contributed by atoms with Crippen LogP contribution in [0.5, 0.6) is 11.5 Å². The highest BCUT2D eigenvalue weighted by atomic mass is 16.5. The van der Waals surface area contributed by atoms with Crippen LogP contribution in [-0.4, -0.2) is 42.4 Å². The average Bonchev–Trinajstić information content (AvgIpc) is 2.81. The number of hydrazone groups is 1. The number of methoxy groups -OCH3 is 1. The van der Waals surface area contributed by atoms with Crippen molar-refractivity contribution in [3.63, 3.8) is 0 Å². The third-order valence-electron chi connectivity index (χ3n) is 3.75. The van der Waals surface area contributed by atoms with Gasteiger partial charge in [0.1, 0.15) is 11.6 Å². The molecule has 2 rings (SSSR count). The predicted molar refractivity (Wildman–Crippen MR) is 85.8 cm³/mol. The Kier molecular flexibility index (Phi) is 5.04. The Morgan fingerprint density at radius 3 is 2.75 bits per heavy atom. The minimum absolute atomic E-state index is 0.0954. The summed E-state index contributed by atoms with van der Waals surface area (Å²) >= 11 is 0. The molecule has 8 nitrogen and oxygen atoms in total. The van der Waals surface area contributed by atoms with Gasteiger partial charge < -0.3 is 14.8 Å². The van der Waals surface area contributed by atoms with Crippen LogP contribution in [0.25, 0.3) is 0 Å². The first kappa shape index (κ1) is 17.3. The van der Waals surface area contributed by atoms with Crippen LogP contribution in [-0.2, 0) is 4.79 Å². The molecule has 1 atom stereocenters. The summed E-state index contributed by atoms with van der Waals surface area (Å²) in [4.78, 5) is 24.1. The fraction of sp³-hybridized carbons (Fsp3) is 0.375. The lowest BCUT2D eigenvalue weighted by Crippen LogP contribution is -2.42. The van der Waals surface area contributed by atoms with E-state index in [2.05, 4.69) is 10.4 Å². The van der Waals surface area contributed by atoms with Gasteiger partial charge in [-0.25, -0.2) is 4.79 Å². The third-order valence-corrected chi connectivity index (χ3v) is 3.75. The zero-order valence-electron chi connectivity index (χ0n) is 13.7. The van der Waals surface area contributed by atoms with Gasteiger partial charge in [-0.3, -0.25) is 4.79 Å². The molecule has 0 radical (unpaired) electrons. The van der Waals surface area contributed by atoms with Crippen molar-refractivity contribution in [1.82, 2.24) is 10.3 Å². The minimum atomic E-state index is -0.929. The molecule has 8 heteroatoms. The van der Waals surface area contributed by atoms with Crippen molar-refractivity contribution in [1.29, 1.82) is 5.26 Å². The number of amides is 3. The smallest absolute Gasteiger partial charge is 0.346 e. The van der Waals surface area contributed by atoms with E-state index in [1.165, 1.54) is 13.3 Å². The first-order chi connectivity index (χ1) is 11.4. The monoisotopic (exact) mass is 330 g/mol. The van der Waals surface area contributed by atoms with Crippen molar-refractivity contribution in [3.05, 3.63) is 23.8 Å². The molecule has 0 spiro atoms. The number of carbonyl (C=O) groups excluding carboxylic acids is 2. The van der Waals surface area contributed by atoms with Crippen LogP contribution in [0.1, 0.15) is 25.8 Å². The van der Waals surface area contributed by atoms with E-state index in [-0.39, 0.29) is 6.61 Å². The first-order valence-electron chi connectivity index (χ1n) is 7.33. The Morgan fingerprint density at radius 1 is 1.42 bits per heavy atom. The largest absolute Gasteiger partial charge is 0.493 e. The van der Waals surface area contributed by atoms with Gasteiger partial charge in [0.15, 0.2) is 18.1 Å². The quantitative estimate of drug-likeness (QED) is 0.631. The van der Waals surface area contributed by atoms with Crippen LogP contribution >= 0.6 is 0 Å². The maximum atomic E-state index is 12.2. The number of imide groups is 1. The first-order valence-corrected chi connectivity index (χ1v) is 7.33. The van der Waals surface area contributed by atoms with E-state index in [1.807, 2.05) is 13.0 Å². The summed E-state index contributed by atoms with van der Waals surface area (Å²) in [6.07, 6.45) is 1.86. The Hall–Kier alpha value is -3.08. The van der Waals surface area contributed by atoms with Crippen molar-refractivity contribution >= 4 is 18.2 Å². The molecule has 126 valence electrons. The van der Waals surface area contributed by atoms with Gasteiger partial charge in [-0.05, 0) is 37.1 Å². The topological polar surface area (TPSA) is 104 Å². The molecular weight excluding hydrogens is 312 g/mol. The number of hydrogen-bond acceptors (Lipinski definition) is 6. The van der Waals surface area contributed by atoms with E-state index in [0.717, 1.165) is 5.01 Å². The summed E-state index contributed by atoms with van der Waals surface area (Å²) in [5.74, 6) is 0.446. The van der Waals surface area contributed by atoms with E-state index in [4.69, 9.17) is 14.7 Å².